The number of carbonyl (C=O) groups is 3. The molecule has 1 N–H and O–H groups in total. The smallest absolute Gasteiger partial charge is 0.355 e. The van der Waals surface area contributed by atoms with E-state index in [-0.39, 0.29) is 42.4 Å². The molecule has 2 aromatic carbocycles. The van der Waals surface area contributed by atoms with Gasteiger partial charge in [0.25, 0.3) is 5.91 Å². The van der Waals surface area contributed by atoms with E-state index in [1.165, 1.54) is 6.92 Å². The van der Waals surface area contributed by atoms with Gasteiger partial charge in [-0.2, -0.15) is 5.10 Å². The SMILES string of the molecule is CC(OC(=O)C1=NN(C2CCS(=O)(=O)C2)C(=O)CC1)C(=O)NC(c1ccccc1)c1ccccc1. The van der Waals surface area contributed by atoms with Gasteiger partial charge in [-0.3, -0.25) is 9.59 Å². The van der Waals surface area contributed by atoms with E-state index in [9.17, 15) is 22.8 Å². The molecule has 2 aliphatic rings. The van der Waals surface area contributed by atoms with Crippen LogP contribution in [0.15, 0.2) is 65.8 Å². The quantitative estimate of drug-likeness (QED) is 0.584. The largest absolute Gasteiger partial charge is 0.448 e. The lowest BCUT2D eigenvalue weighted by atomic mass is 9.98. The lowest BCUT2D eigenvalue weighted by molar-refractivity contribution is -0.149. The van der Waals surface area contributed by atoms with Crippen LogP contribution in [-0.2, 0) is 29.0 Å². The molecule has 1 saturated heterocycles. The van der Waals surface area contributed by atoms with Gasteiger partial charge < -0.3 is 10.1 Å². The summed E-state index contributed by atoms with van der Waals surface area (Å²) in [6.45, 7) is 1.47. The third-order valence-electron chi connectivity index (χ3n) is 6.05. The maximum atomic E-state index is 13.0. The molecule has 184 valence electrons. The van der Waals surface area contributed by atoms with Crippen molar-refractivity contribution < 1.29 is 27.5 Å². The van der Waals surface area contributed by atoms with Crippen LogP contribution in [0.3, 0.4) is 0 Å². The van der Waals surface area contributed by atoms with Crippen molar-refractivity contribution in [3.8, 4) is 0 Å². The second-order valence-electron chi connectivity index (χ2n) is 8.65. The Morgan fingerprint density at radius 2 is 1.63 bits per heavy atom. The fraction of sp³-hybridized carbons (Fsp3) is 0.360. The number of esters is 1. The van der Waals surface area contributed by atoms with Gasteiger partial charge in [0.05, 0.1) is 23.6 Å². The van der Waals surface area contributed by atoms with E-state index in [4.69, 9.17) is 4.74 Å². The number of hydrogen-bond acceptors (Lipinski definition) is 7. The zero-order valence-corrected chi connectivity index (χ0v) is 20.1. The Balaban J connectivity index is 1.44. The molecular weight excluding hydrogens is 470 g/mol. The van der Waals surface area contributed by atoms with Gasteiger partial charge in [-0.25, -0.2) is 18.2 Å². The molecule has 0 aliphatic carbocycles. The second-order valence-corrected chi connectivity index (χ2v) is 10.9. The van der Waals surface area contributed by atoms with Gasteiger partial charge in [-0.1, -0.05) is 60.7 Å². The molecule has 4 rings (SSSR count). The van der Waals surface area contributed by atoms with Crippen LogP contribution in [-0.4, -0.2) is 60.6 Å². The van der Waals surface area contributed by atoms with Gasteiger partial charge in [0.15, 0.2) is 15.9 Å². The Hall–Kier alpha value is -3.53. The molecule has 35 heavy (non-hydrogen) atoms. The maximum absolute atomic E-state index is 13.0. The van der Waals surface area contributed by atoms with Crippen molar-refractivity contribution in [1.29, 1.82) is 0 Å². The summed E-state index contributed by atoms with van der Waals surface area (Å²) < 4.78 is 29.0. The first-order valence-electron chi connectivity index (χ1n) is 11.4. The molecular formula is C25H27N3O6S. The fourth-order valence-corrected chi connectivity index (χ4v) is 5.86. The van der Waals surface area contributed by atoms with Crippen molar-refractivity contribution in [2.45, 2.75) is 44.4 Å². The third kappa shape index (κ3) is 5.94. The highest BCUT2D eigenvalue weighted by Crippen LogP contribution is 2.24. The predicted molar refractivity (Wildman–Crippen MR) is 129 cm³/mol. The van der Waals surface area contributed by atoms with E-state index in [0.717, 1.165) is 16.1 Å². The van der Waals surface area contributed by atoms with Crippen molar-refractivity contribution in [2.75, 3.05) is 11.5 Å². The average Bonchev–Trinajstić information content (AvgIpc) is 3.22. The van der Waals surface area contributed by atoms with E-state index < -0.39 is 39.9 Å². The maximum Gasteiger partial charge on any atom is 0.355 e. The Bertz CT molecular complexity index is 1190. The van der Waals surface area contributed by atoms with Crippen LogP contribution in [0.4, 0.5) is 0 Å². The summed E-state index contributed by atoms with van der Waals surface area (Å²) in [7, 11) is -3.23. The van der Waals surface area contributed by atoms with Crippen LogP contribution < -0.4 is 5.32 Å². The molecule has 0 spiro atoms. The molecule has 0 aromatic heterocycles. The van der Waals surface area contributed by atoms with Crippen molar-refractivity contribution in [3.05, 3.63) is 71.8 Å². The van der Waals surface area contributed by atoms with Gasteiger partial charge in [0.2, 0.25) is 5.91 Å². The third-order valence-corrected chi connectivity index (χ3v) is 7.81. The first kappa shape index (κ1) is 24.6. The summed E-state index contributed by atoms with van der Waals surface area (Å²) in [6.07, 6.45) is -0.745. The minimum absolute atomic E-state index is 0.00350. The van der Waals surface area contributed by atoms with Crippen LogP contribution in [0, 0.1) is 0 Å². The standard InChI is InChI=1S/C25H27N3O6S/c1-17(24(30)26-23(18-8-4-2-5-9-18)19-10-6-3-7-11-19)34-25(31)21-12-13-22(29)28(27-21)20-14-15-35(32,33)16-20/h2-11,17,20,23H,12-16H2,1H3,(H,26,30). The van der Waals surface area contributed by atoms with E-state index >= 15 is 0 Å². The Kier molecular flexibility index (Phi) is 7.30. The molecule has 2 aliphatic heterocycles. The lowest BCUT2D eigenvalue weighted by Crippen LogP contribution is -2.43. The van der Waals surface area contributed by atoms with Crippen LogP contribution in [0.5, 0.6) is 0 Å². The number of rotatable bonds is 7. The Morgan fingerprint density at radius 1 is 1.03 bits per heavy atom. The number of amides is 2. The van der Waals surface area contributed by atoms with Crippen molar-refractivity contribution in [3.63, 3.8) is 0 Å². The summed E-state index contributed by atoms with van der Waals surface area (Å²) in [6, 6.07) is 17.9. The number of sulfone groups is 1. The summed E-state index contributed by atoms with van der Waals surface area (Å²) in [5.74, 6) is -1.81. The highest BCUT2D eigenvalue weighted by atomic mass is 32.2. The number of carbonyl (C=O) groups excluding carboxylic acids is 3. The van der Waals surface area contributed by atoms with Crippen LogP contribution in [0.25, 0.3) is 0 Å². The Morgan fingerprint density at radius 3 is 2.17 bits per heavy atom. The summed E-state index contributed by atoms with van der Waals surface area (Å²) in [5.41, 5.74) is 1.75. The molecule has 2 heterocycles. The van der Waals surface area contributed by atoms with E-state index in [0.29, 0.717) is 0 Å². The summed E-state index contributed by atoms with van der Waals surface area (Å²) in [5, 5.41) is 8.14. The lowest BCUT2D eigenvalue weighted by Gasteiger charge is -2.27. The van der Waals surface area contributed by atoms with Crippen molar-refractivity contribution in [2.24, 2.45) is 5.10 Å². The van der Waals surface area contributed by atoms with Crippen LogP contribution >= 0.6 is 0 Å². The normalized spacial score (nSPS) is 20.3. The van der Waals surface area contributed by atoms with Gasteiger partial charge in [-0.05, 0) is 24.5 Å². The summed E-state index contributed by atoms with van der Waals surface area (Å²) in [4.78, 5) is 38.0. The number of ether oxygens (including phenoxy) is 1. The molecule has 9 nitrogen and oxygen atoms in total. The monoisotopic (exact) mass is 497 g/mol. The number of hydrazone groups is 1. The second kappa shape index (κ2) is 10.4. The molecule has 0 saturated carbocycles. The zero-order chi connectivity index (χ0) is 25.0. The average molecular weight is 498 g/mol. The highest BCUT2D eigenvalue weighted by molar-refractivity contribution is 7.91. The molecule has 0 radical (unpaired) electrons. The number of hydrogen-bond donors (Lipinski definition) is 1. The van der Waals surface area contributed by atoms with Gasteiger partial charge >= 0.3 is 5.97 Å². The Labute approximate surface area is 204 Å². The number of nitrogens with zero attached hydrogens (tertiary/aromatic N) is 2. The minimum atomic E-state index is -3.23. The molecule has 2 aromatic rings. The van der Waals surface area contributed by atoms with Gasteiger partial charge in [0.1, 0.15) is 5.71 Å². The topological polar surface area (TPSA) is 122 Å². The van der Waals surface area contributed by atoms with Gasteiger partial charge in [-0.15, -0.1) is 0 Å². The van der Waals surface area contributed by atoms with Crippen LogP contribution in [0.1, 0.15) is 43.4 Å². The molecule has 0 bridgehead atoms. The molecule has 1 fully saturated rings. The molecule has 2 unspecified atom stereocenters. The van der Waals surface area contributed by atoms with Crippen molar-refractivity contribution >= 4 is 33.3 Å². The van der Waals surface area contributed by atoms with E-state index in [1.54, 1.807) is 0 Å². The van der Waals surface area contributed by atoms with Crippen LogP contribution in [0.2, 0.25) is 0 Å². The van der Waals surface area contributed by atoms with E-state index in [1.807, 2.05) is 60.7 Å². The van der Waals surface area contributed by atoms with E-state index in [2.05, 4.69) is 10.4 Å². The molecule has 10 heteroatoms. The fourth-order valence-electron chi connectivity index (χ4n) is 4.16. The molecule has 2 amide bonds. The molecule has 2 atom stereocenters. The first-order valence-corrected chi connectivity index (χ1v) is 13.3. The minimum Gasteiger partial charge on any atom is -0.448 e. The first-order chi connectivity index (χ1) is 16.7. The number of benzene rings is 2. The van der Waals surface area contributed by atoms with Gasteiger partial charge in [0, 0.05) is 12.8 Å². The predicted octanol–water partition coefficient (Wildman–Crippen LogP) is 1.99. The summed E-state index contributed by atoms with van der Waals surface area (Å²) >= 11 is 0. The number of nitrogens with one attached hydrogen (secondary N) is 1. The zero-order valence-electron chi connectivity index (χ0n) is 19.3. The van der Waals surface area contributed by atoms with Crippen molar-refractivity contribution in [1.82, 2.24) is 10.3 Å². The highest BCUT2D eigenvalue weighted by Gasteiger charge is 2.38.